The molecule has 0 heterocycles. The minimum atomic E-state index is -0.377. The topological polar surface area (TPSA) is 34.1 Å². The van der Waals surface area contributed by atoms with Crippen molar-refractivity contribution in [2.45, 2.75) is 160 Å². The summed E-state index contributed by atoms with van der Waals surface area (Å²) in [4.78, 5) is 25.9. The molecule has 0 aliphatic heterocycles. The molecule has 1 rings (SSSR count). The van der Waals surface area contributed by atoms with E-state index >= 15 is 0 Å². The van der Waals surface area contributed by atoms with E-state index < -0.39 is 0 Å². The van der Waals surface area contributed by atoms with Crippen molar-refractivity contribution >= 4 is 11.6 Å². The number of hydrogen-bond acceptors (Lipinski definition) is 2. The standard InChI is InChI=1S/C47H70O2/c1-12-13-32-44-42(10)47(49)45(43(11)46(44)48)34-33-41(9)31-19-30-40(8)29-18-28-39(7)27-17-26-38(6)25-16-24-37(5)23-15-22-36(4)21-14-20-35(2)3/h12-13,20,22,24,26,28,30,32-33,42H,14-19,21,23,25,27,29,31,34H2,1-11H3/b13-12-,36-22+,37-24+,38-26+,39-28+,40-30+,41-33+,44-32+. The summed E-state index contributed by atoms with van der Waals surface area (Å²) in [6.45, 7) is 23.3. The van der Waals surface area contributed by atoms with Crippen LogP contribution in [-0.4, -0.2) is 11.6 Å². The molecule has 0 fully saturated rings. The summed E-state index contributed by atoms with van der Waals surface area (Å²) in [7, 11) is 0. The lowest BCUT2D eigenvalue weighted by Crippen LogP contribution is -2.28. The van der Waals surface area contributed by atoms with Gasteiger partial charge in [0.05, 0.1) is 0 Å². The molecule has 0 aromatic heterocycles. The molecule has 270 valence electrons. The minimum Gasteiger partial charge on any atom is -0.294 e. The SMILES string of the molecule is C/C=C\C=C1\C(=O)C(C)=C(C/C=C(\C)CC/C=C(\C)CC/C=C(\C)CC/C=C(\C)CC/C=C(\C)CC/C=C(\C)CCC=C(C)C)C(=O)C1C. The number of Topliss-reactive ketones (excluding diaryl/α,β-unsaturated/α-hetero) is 2. The quantitative estimate of drug-likeness (QED) is 0.0902. The van der Waals surface area contributed by atoms with Crippen LogP contribution in [0.15, 0.2) is 116 Å². The van der Waals surface area contributed by atoms with E-state index in [1.807, 2.05) is 26.0 Å². The summed E-state index contributed by atoms with van der Waals surface area (Å²) in [5, 5.41) is 0. The Kier molecular flexibility index (Phi) is 22.2. The number of carbonyl (C=O) groups excluding carboxylic acids is 2. The molecule has 0 spiro atoms. The van der Waals surface area contributed by atoms with Gasteiger partial charge in [-0.25, -0.2) is 0 Å². The highest BCUT2D eigenvalue weighted by Crippen LogP contribution is 2.31. The van der Waals surface area contributed by atoms with Crippen LogP contribution >= 0.6 is 0 Å². The van der Waals surface area contributed by atoms with Crippen LogP contribution in [0, 0.1) is 5.92 Å². The van der Waals surface area contributed by atoms with Crippen molar-refractivity contribution in [3.8, 4) is 0 Å². The molecule has 2 nitrogen and oxygen atoms in total. The zero-order valence-corrected chi connectivity index (χ0v) is 33.4. The van der Waals surface area contributed by atoms with Gasteiger partial charge >= 0.3 is 0 Å². The zero-order valence-electron chi connectivity index (χ0n) is 33.4. The maximum Gasteiger partial charge on any atom is 0.185 e. The summed E-state index contributed by atoms with van der Waals surface area (Å²) < 4.78 is 0. The number of carbonyl (C=O) groups is 2. The first kappa shape index (κ1) is 43.8. The van der Waals surface area contributed by atoms with Crippen molar-refractivity contribution in [1.82, 2.24) is 0 Å². The van der Waals surface area contributed by atoms with Crippen molar-refractivity contribution in [3.05, 3.63) is 116 Å². The van der Waals surface area contributed by atoms with E-state index in [-0.39, 0.29) is 17.5 Å². The van der Waals surface area contributed by atoms with Gasteiger partial charge in [-0.2, -0.15) is 0 Å². The number of ketones is 2. The molecule has 0 N–H and O–H groups in total. The maximum absolute atomic E-state index is 13.0. The van der Waals surface area contributed by atoms with Crippen LogP contribution in [0.25, 0.3) is 0 Å². The fraction of sp³-hybridized carbons (Fsp3) is 0.532. The predicted molar refractivity (Wildman–Crippen MR) is 217 cm³/mol. The van der Waals surface area contributed by atoms with E-state index in [4.69, 9.17) is 0 Å². The Morgan fingerprint density at radius 2 is 0.898 bits per heavy atom. The third-order valence-corrected chi connectivity index (χ3v) is 9.58. The number of rotatable bonds is 21. The number of hydrogen-bond donors (Lipinski definition) is 0. The average Bonchev–Trinajstić information content (AvgIpc) is 3.03. The molecule has 0 saturated carbocycles. The fourth-order valence-corrected chi connectivity index (χ4v) is 6.02. The van der Waals surface area contributed by atoms with E-state index in [0.717, 1.165) is 64.2 Å². The summed E-state index contributed by atoms with van der Waals surface area (Å²) >= 11 is 0. The van der Waals surface area contributed by atoms with E-state index in [1.54, 1.807) is 13.0 Å². The minimum absolute atomic E-state index is 0.00497. The van der Waals surface area contributed by atoms with Gasteiger partial charge in [0.2, 0.25) is 0 Å². The molecule has 0 bridgehead atoms. The van der Waals surface area contributed by atoms with Crippen LogP contribution in [0.3, 0.4) is 0 Å². The van der Waals surface area contributed by atoms with Gasteiger partial charge in [0.1, 0.15) is 0 Å². The van der Waals surface area contributed by atoms with Crippen LogP contribution < -0.4 is 0 Å². The van der Waals surface area contributed by atoms with Gasteiger partial charge in [-0.15, -0.1) is 0 Å². The molecular weight excluding hydrogens is 597 g/mol. The van der Waals surface area contributed by atoms with Crippen LogP contribution in [0.4, 0.5) is 0 Å². The molecule has 0 aromatic carbocycles. The van der Waals surface area contributed by atoms with Crippen LogP contribution in [-0.2, 0) is 9.59 Å². The average molecular weight is 667 g/mol. The largest absolute Gasteiger partial charge is 0.294 e. The van der Waals surface area contributed by atoms with Gasteiger partial charge in [-0.3, -0.25) is 9.59 Å². The van der Waals surface area contributed by atoms with E-state index in [0.29, 0.717) is 23.1 Å². The Labute approximate surface area is 302 Å². The molecule has 0 amide bonds. The van der Waals surface area contributed by atoms with Crippen molar-refractivity contribution in [1.29, 1.82) is 0 Å². The molecule has 1 aliphatic carbocycles. The summed E-state index contributed by atoms with van der Waals surface area (Å²) in [6.07, 6.45) is 35.9. The first-order valence-corrected chi connectivity index (χ1v) is 18.9. The third kappa shape index (κ3) is 18.9. The Bertz CT molecular complexity index is 1400. The highest BCUT2D eigenvalue weighted by molar-refractivity contribution is 6.21. The van der Waals surface area contributed by atoms with Crippen molar-refractivity contribution < 1.29 is 9.59 Å². The van der Waals surface area contributed by atoms with E-state index in [2.05, 4.69) is 97.9 Å². The maximum atomic E-state index is 13.0. The second-order valence-electron chi connectivity index (χ2n) is 14.7. The van der Waals surface area contributed by atoms with Gasteiger partial charge < -0.3 is 0 Å². The van der Waals surface area contributed by atoms with Crippen molar-refractivity contribution in [2.75, 3.05) is 0 Å². The molecule has 0 saturated heterocycles. The van der Waals surface area contributed by atoms with Crippen LogP contribution in [0.1, 0.15) is 160 Å². The summed E-state index contributed by atoms with van der Waals surface area (Å²) in [6, 6.07) is 0. The first-order chi connectivity index (χ1) is 23.3. The van der Waals surface area contributed by atoms with Crippen molar-refractivity contribution in [3.63, 3.8) is 0 Å². The normalized spacial score (nSPS) is 18.4. The Hall–Kier alpha value is -3.26. The van der Waals surface area contributed by atoms with E-state index in [1.165, 1.54) is 51.9 Å². The van der Waals surface area contributed by atoms with E-state index in [9.17, 15) is 9.59 Å². The molecule has 0 aromatic rings. The fourth-order valence-electron chi connectivity index (χ4n) is 6.02. The van der Waals surface area contributed by atoms with Crippen LogP contribution in [0.2, 0.25) is 0 Å². The lowest BCUT2D eigenvalue weighted by Gasteiger charge is -2.23. The number of allylic oxidation sites excluding steroid dienone is 20. The Morgan fingerprint density at radius 3 is 1.24 bits per heavy atom. The Morgan fingerprint density at radius 1 is 0.551 bits per heavy atom. The summed E-state index contributed by atoms with van der Waals surface area (Å²) in [5.41, 5.74) is 12.0. The van der Waals surface area contributed by atoms with Gasteiger partial charge in [0.15, 0.2) is 11.6 Å². The lowest BCUT2D eigenvalue weighted by atomic mass is 9.78. The first-order valence-electron chi connectivity index (χ1n) is 18.9. The predicted octanol–water partition coefficient (Wildman–Crippen LogP) is 14.3. The molecular formula is C47H70O2. The third-order valence-electron chi connectivity index (χ3n) is 9.58. The lowest BCUT2D eigenvalue weighted by molar-refractivity contribution is -0.122. The zero-order chi connectivity index (χ0) is 36.8. The molecule has 1 atom stereocenters. The van der Waals surface area contributed by atoms with Crippen molar-refractivity contribution in [2.24, 2.45) is 5.92 Å². The second kappa shape index (κ2) is 24.8. The molecule has 49 heavy (non-hydrogen) atoms. The monoisotopic (exact) mass is 667 g/mol. The second-order valence-corrected chi connectivity index (χ2v) is 14.7. The van der Waals surface area contributed by atoms with Gasteiger partial charge in [-0.1, -0.05) is 107 Å². The van der Waals surface area contributed by atoms with Gasteiger partial charge in [0, 0.05) is 22.6 Å². The summed E-state index contributed by atoms with van der Waals surface area (Å²) in [5.74, 6) is -0.293. The molecule has 0 radical (unpaired) electrons. The highest BCUT2D eigenvalue weighted by Gasteiger charge is 2.33. The smallest absolute Gasteiger partial charge is 0.185 e. The van der Waals surface area contributed by atoms with Gasteiger partial charge in [-0.05, 0) is 153 Å². The molecule has 1 aliphatic rings. The Balaban J connectivity index is 2.39. The molecule has 1 unspecified atom stereocenters. The van der Waals surface area contributed by atoms with Crippen LogP contribution in [0.5, 0.6) is 0 Å². The molecule has 2 heteroatoms. The van der Waals surface area contributed by atoms with Gasteiger partial charge in [0.25, 0.3) is 0 Å². The highest BCUT2D eigenvalue weighted by atomic mass is 16.1.